The molecule has 0 saturated heterocycles. The number of ether oxygens (including phenoxy) is 2. The topological polar surface area (TPSA) is 59.6 Å². The number of amides is 1. The summed E-state index contributed by atoms with van der Waals surface area (Å²) in [4.78, 5) is 12.0. The van der Waals surface area contributed by atoms with Crippen LogP contribution in [0.4, 0.5) is 5.69 Å². The molecular formula is C15H22N2O3. The fourth-order valence-corrected chi connectivity index (χ4v) is 2.15. The van der Waals surface area contributed by atoms with Gasteiger partial charge in [-0.15, -0.1) is 0 Å². The van der Waals surface area contributed by atoms with Crippen LogP contribution in [-0.2, 0) is 15.9 Å². The first kappa shape index (κ1) is 14.8. The molecule has 0 spiro atoms. The van der Waals surface area contributed by atoms with Crippen molar-refractivity contribution in [3.63, 3.8) is 0 Å². The molecular weight excluding hydrogens is 256 g/mol. The van der Waals surface area contributed by atoms with E-state index >= 15 is 0 Å². The maximum absolute atomic E-state index is 12.0. The van der Waals surface area contributed by atoms with E-state index in [1.54, 1.807) is 7.11 Å². The van der Waals surface area contributed by atoms with Crippen LogP contribution < -0.4 is 10.6 Å². The summed E-state index contributed by atoms with van der Waals surface area (Å²) in [5.41, 5.74) is 3.08. The zero-order valence-corrected chi connectivity index (χ0v) is 11.9. The minimum absolute atomic E-state index is 0.0293. The van der Waals surface area contributed by atoms with Gasteiger partial charge in [0.1, 0.15) is 0 Å². The van der Waals surface area contributed by atoms with E-state index in [9.17, 15) is 4.79 Å². The van der Waals surface area contributed by atoms with Gasteiger partial charge in [-0.1, -0.05) is 6.07 Å². The molecule has 0 bridgehead atoms. The highest BCUT2D eigenvalue weighted by Gasteiger charge is 2.12. The van der Waals surface area contributed by atoms with Gasteiger partial charge in [0.25, 0.3) is 5.91 Å². The Morgan fingerprint density at radius 1 is 1.35 bits per heavy atom. The Hall–Kier alpha value is -1.59. The molecule has 1 aliphatic rings. The Labute approximate surface area is 119 Å². The van der Waals surface area contributed by atoms with Gasteiger partial charge in [-0.2, -0.15) is 0 Å². The molecule has 1 heterocycles. The quantitative estimate of drug-likeness (QED) is 0.706. The van der Waals surface area contributed by atoms with Crippen molar-refractivity contribution in [2.75, 3.05) is 45.3 Å². The van der Waals surface area contributed by atoms with Gasteiger partial charge >= 0.3 is 0 Å². The summed E-state index contributed by atoms with van der Waals surface area (Å²) in [6, 6.07) is 5.83. The Morgan fingerprint density at radius 3 is 3.10 bits per heavy atom. The molecule has 1 aliphatic heterocycles. The minimum atomic E-state index is -0.0293. The number of fused-ring (bicyclic) bond motifs is 1. The summed E-state index contributed by atoms with van der Waals surface area (Å²) < 4.78 is 10.2. The lowest BCUT2D eigenvalue weighted by Crippen LogP contribution is -2.25. The van der Waals surface area contributed by atoms with Crippen LogP contribution in [0.15, 0.2) is 18.2 Å². The lowest BCUT2D eigenvalue weighted by Gasteiger charge is -2.07. The highest BCUT2D eigenvalue weighted by Crippen LogP contribution is 2.22. The van der Waals surface area contributed by atoms with Crippen molar-refractivity contribution in [3.8, 4) is 0 Å². The number of carbonyl (C=O) groups excluding carboxylic acids is 1. The molecule has 1 aromatic rings. The van der Waals surface area contributed by atoms with Crippen LogP contribution >= 0.6 is 0 Å². The third-order valence-electron chi connectivity index (χ3n) is 3.26. The molecule has 1 aromatic carbocycles. The first-order valence-corrected chi connectivity index (χ1v) is 7.03. The molecule has 0 aromatic heterocycles. The van der Waals surface area contributed by atoms with Crippen molar-refractivity contribution in [1.82, 2.24) is 5.32 Å². The lowest BCUT2D eigenvalue weighted by molar-refractivity contribution is 0.0688. The molecule has 0 aliphatic carbocycles. The van der Waals surface area contributed by atoms with Gasteiger partial charge in [-0.05, 0) is 30.5 Å². The summed E-state index contributed by atoms with van der Waals surface area (Å²) in [6.07, 6.45) is 1.84. The first-order chi connectivity index (χ1) is 9.81. The van der Waals surface area contributed by atoms with Crippen LogP contribution in [-0.4, -0.2) is 45.9 Å². The van der Waals surface area contributed by atoms with Crippen LogP contribution in [0.5, 0.6) is 0 Å². The number of rotatable bonds is 8. The summed E-state index contributed by atoms with van der Waals surface area (Å²) in [5, 5.41) is 6.18. The van der Waals surface area contributed by atoms with E-state index in [0.29, 0.717) is 31.9 Å². The molecule has 0 unspecified atom stereocenters. The van der Waals surface area contributed by atoms with Gasteiger partial charge in [0.15, 0.2) is 0 Å². The average molecular weight is 278 g/mol. The van der Waals surface area contributed by atoms with Crippen molar-refractivity contribution < 1.29 is 14.3 Å². The average Bonchev–Trinajstić information content (AvgIpc) is 2.93. The highest BCUT2D eigenvalue weighted by atomic mass is 16.5. The van der Waals surface area contributed by atoms with Gasteiger partial charge in [0, 0.05) is 38.1 Å². The second-order valence-electron chi connectivity index (χ2n) is 4.76. The monoisotopic (exact) mass is 278 g/mol. The number of anilines is 1. The molecule has 2 rings (SSSR count). The predicted molar refractivity (Wildman–Crippen MR) is 78.3 cm³/mol. The number of nitrogens with one attached hydrogen (secondary N) is 2. The minimum Gasteiger partial charge on any atom is -0.384 e. The Morgan fingerprint density at radius 2 is 2.25 bits per heavy atom. The summed E-state index contributed by atoms with van der Waals surface area (Å²) in [7, 11) is 1.65. The second kappa shape index (κ2) is 7.87. The summed E-state index contributed by atoms with van der Waals surface area (Å²) in [6.45, 7) is 3.42. The van der Waals surface area contributed by atoms with Gasteiger partial charge in [0.2, 0.25) is 0 Å². The van der Waals surface area contributed by atoms with E-state index in [1.807, 2.05) is 18.2 Å². The maximum atomic E-state index is 12.0. The van der Waals surface area contributed by atoms with Gasteiger partial charge in [-0.25, -0.2) is 0 Å². The number of methoxy groups -OCH3 is 1. The fourth-order valence-electron chi connectivity index (χ4n) is 2.15. The second-order valence-corrected chi connectivity index (χ2v) is 4.76. The molecule has 5 heteroatoms. The third-order valence-corrected chi connectivity index (χ3v) is 3.26. The van der Waals surface area contributed by atoms with Crippen LogP contribution in [0.25, 0.3) is 0 Å². The van der Waals surface area contributed by atoms with E-state index in [0.717, 1.165) is 25.1 Å². The highest BCUT2D eigenvalue weighted by molar-refractivity contribution is 5.95. The standard InChI is InChI=1S/C15H22N2O3/c1-19-9-10-20-8-2-6-17-15(18)13-4-3-12-5-7-16-14(12)11-13/h3-4,11,16H,2,5-10H2,1H3,(H,17,18). The molecule has 0 fully saturated rings. The van der Waals surface area contributed by atoms with Gasteiger partial charge < -0.3 is 20.1 Å². The Bertz CT molecular complexity index is 449. The maximum Gasteiger partial charge on any atom is 0.251 e. The van der Waals surface area contributed by atoms with E-state index in [4.69, 9.17) is 9.47 Å². The zero-order chi connectivity index (χ0) is 14.2. The molecule has 1 amide bonds. The Balaban J connectivity index is 1.67. The first-order valence-electron chi connectivity index (χ1n) is 7.03. The molecule has 5 nitrogen and oxygen atoms in total. The number of benzene rings is 1. The number of hydrogen-bond acceptors (Lipinski definition) is 4. The smallest absolute Gasteiger partial charge is 0.251 e. The van der Waals surface area contributed by atoms with Crippen LogP contribution in [0.2, 0.25) is 0 Å². The van der Waals surface area contributed by atoms with Crippen LogP contribution in [0, 0.1) is 0 Å². The normalized spacial score (nSPS) is 12.8. The van der Waals surface area contributed by atoms with Crippen molar-refractivity contribution in [3.05, 3.63) is 29.3 Å². The third kappa shape index (κ3) is 4.21. The Kier molecular flexibility index (Phi) is 5.83. The van der Waals surface area contributed by atoms with Crippen LogP contribution in [0.3, 0.4) is 0 Å². The van der Waals surface area contributed by atoms with E-state index in [1.165, 1.54) is 5.56 Å². The largest absolute Gasteiger partial charge is 0.384 e. The van der Waals surface area contributed by atoms with E-state index in [2.05, 4.69) is 10.6 Å². The molecule has 110 valence electrons. The van der Waals surface area contributed by atoms with Crippen LogP contribution in [0.1, 0.15) is 22.3 Å². The zero-order valence-electron chi connectivity index (χ0n) is 11.9. The fraction of sp³-hybridized carbons (Fsp3) is 0.533. The molecule has 0 radical (unpaired) electrons. The lowest BCUT2D eigenvalue weighted by atomic mass is 10.1. The van der Waals surface area contributed by atoms with E-state index < -0.39 is 0 Å². The van der Waals surface area contributed by atoms with E-state index in [-0.39, 0.29) is 5.91 Å². The van der Waals surface area contributed by atoms with Crippen molar-refractivity contribution in [2.45, 2.75) is 12.8 Å². The predicted octanol–water partition coefficient (Wildman–Crippen LogP) is 1.44. The summed E-state index contributed by atoms with van der Waals surface area (Å²) in [5.74, 6) is -0.0293. The molecule has 0 atom stereocenters. The number of hydrogen-bond donors (Lipinski definition) is 2. The molecule has 2 N–H and O–H groups in total. The van der Waals surface area contributed by atoms with Gasteiger partial charge in [-0.3, -0.25) is 4.79 Å². The van der Waals surface area contributed by atoms with Crippen molar-refractivity contribution in [2.24, 2.45) is 0 Å². The van der Waals surface area contributed by atoms with Crippen molar-refractivity contribution in [1.29, 1.82) is 0 Å². The van der Waals surface area contributed by atoms with Crippen molar-refractivity contribution >= 4 is 11.6 Å². The number of carbonyl (C=O) groups is 1. The summed E-state index contributed by atoms with van der Waals surface area (Å²) >= 11 is 0. The molecule has 0 saturated carbocycles. The molecule has 20 heavy (non-hydrogen) atoms. The SMILES string of the molecule is COCCOCCCNC(=O)c1ccc2c(c1)NCC2. The van der Waals surface area contributed by atoms with Gasteiger partial charge in [0.05, 0.1) is 13.2 Å².